The Labute approximate surface area is 182 Å². The van der Waals surface area contributed by atoms with Crippen LogP contribution in [0.2, 0.25) is 0 Å². The van der Waals surface area contributed by atoms with Gasteiger partial charge in [-0.25, -0.2) is 4.98 Å². The number of H-pyrrole nitrogens is 1. The van der Waals surface area contributed by atoms with Crippen LogP contribution in [0.5, 0.6) is 0 Å². The summed E-state index contributed by atoms with van der Waals surface area (Å²) in [5, 5.41) is 4.40. The number of fused-ring (bicyclic) bond motifs is 1. The number of rotatable bonds is 4. The Morgan fingerprint density at radius 3 is 2.74 bits per heavy atom. The second-order valence-electron chi connectivity index (χ2n) is 9.10. The van der Waals surface area contributed by atoms with Gasteiger partial charge >= 0.3 is 0 Å². The fourth-order valence-electron chi connectivity index (χ4n) is 5.48. The fourth-order valence-corrected chi connectivity index (χ4v) is 5.48. The van der Waals surface area contributed by atoms with E-state index in [-0.39, 0.29) is 17.5 Å². The zero-order valence-electron chi connectivity index (χ0n) is 18.3. The highest BCUT2D eigenvalue weighted by atomic mass is 16.2. The lowest BCUT2D eigenvalue weighted by Crippen LogP contribution is -2.43. The first-order chi connectivity index (χ1) is 15.1. The Morgan fingerprint density at radius 1 is 1.16 bits per heavy atom. The second kappa shape index (κ2) is 8.57. The summed E-state index contributed by atoms with van der Waals surface area (Å²) in [6.45, 7) is 5.08. The van der Waals surface area contributed by atoms with Gasteiger partial charge in [-0.15, -0.1) is 0 Å². The van der Waals surface area contributed by atoms with Crippen molar-refractivity contribution in [3.8, 4) is 0 Å². The highest BCUT2D eigenvalue weighted by Crippen LogP contribution is 2.31. The molecule has 1 amide bonds. The molecule has 2 aromatic rings. The predicted octanol–water partition coefficient (Wildman–Crippen LogP) is 2.65. The molecule has 1 aliphatic carbocycles. The van der Waals surface area contributed by atoms with Gasteiger partial charge in [-0.3, -0.25) is 19.2 Å². The summed E-state index contributed by atoms with van der Waals surface area (Å²) in [5.41, 5.74) is 2.17. The SMILES string of the molecule is CCn1ccc(C(=O)N2CCCC[C@H]2c2nc3c(c(=O)[nH]2)CCN(C2CCCC2)C3)n1. The zero-order chi connectivity index (χ0) is 21.4. The maximum absolute atomic E-state index is 13.2. The molecule has 1 saturated heterocycles. The van der Waals surface area contributed by atoms with Gasteiger partial charge in [-0.1, -0.05) is 12.8 Å². The average Bonchev–Trinajstić information content (AvgIpc) is 3.50. The smallest absolute Gasteiger partial charge is 0.274 e. The van der Waals surface area contributed by atoms with Crippen molar-refractivity contribution in [1.29, 1.82) is 0 Å². The van der Waals surface area contributed by atoms with E-state index in [0.29, 0.717) is 24.1 Å². The van der Waals surface area contributed by atoms with E-state index < -0.39 is 0 Å². The van der Waals surface area contributed by atoms with Crippen LogP contribution in [0, 0.1) is 0 Å². The molecular weight excluding hydrogens is 392 g/mol. The summed E-state index contributed by atoms with van der Waals surface area (Å²) in [6.07, 6.45) is 10.5. The Bertz CT molecular complexity index is 1010. The molecule has 31 heavy (non-hydrogen) atoms. The van der Waals surface area contributed by atoms with Crippen LogP contribution in [0.3, 0.4) is 0 Å². The molecule has 166 valence electrons. The van der Waals surface area contributed by atoms with Crippen molar-refractivity contribution < 1.29 is 4.79 Å². The molecule has 2 aliphatic heterocycles. The average molecular weight is 425 g/mol. The normalized spacial score (nSPS) is 22.6. The largest absolute Gasteiger partial charge is 0.327 e. The number of nitrogens with one attached hydrogen (secondary N) is 1. The Balaban J connectivity index is 1.42. The van der Waals surface area contributed by atoms with E-state index in [1.807, 2.05) is 18.0 Å². The van der Waals surface area contributed by atoms with Crippen LogP contribution in [-0.4, -0.2) is 54.6 Å². The number of nitrogens with zero attached hydrogens (tertiary/aromatic N) is 5. The quantitative estimate of drug-likeness (QED) is 0.815. The third-order valence-corrected chi connectivity index (χ3v) is 7.23. The van der Waals surface area contributed by atoms with Crippen molar-refractivity contribution in [2.45, 2.75) is 83.5 Å². The third kappa shape index (κ3) is 3.93. The Kier molecular flexibility index (Phi) is 5.65. The number of amides is 1. The molecular formula is C23H32N6O2. The van der Waals surface area contributed by atoms with Gasteiger partial charge in [0, 0.05) is 44.0 Å². The van der Waals surface area contributed by atoms with E-state index in [4.69, 9.17) is 4.98 Å². The summed E-state index contributed by atoms with van der Waals surface area (Å²) in [4.78, 5) is 38.5. The number of carbonyl (C=O) groups is 1. The van der Waals surface area contributed by atoms with Crippen molar-refractivity contribution in [3.63, 3.8) is 0 Å². The van der Waals surface area contributed by atoms with Gasteiger partial charge in [0.2, 0.25) is 0 Å². The standard InChI is InChI=1S/C23H32N6O2/c1-2-28-14-11-18(26-28)23(31)29-12-6-5-9-20(29)21-24-19-15-27(16-7-3-4-8-16)13-10-17(19)22(30)25-21/h11,14,16,20H,2-10,12-13,15H2,1H3,(H,24,25,30)/t20-/m0/s1. The fraction of sp³-hybridized carbons (Fsp3) is 0.652. The molecule has 1 N–H and O–H groups in total. The van der Waals surface area contributed by atoms with Gasteiger partial charge in [0.25, 0.3) is 11.5 Å². The minimum Gasteiger partial charge on any atom is -0.327 e. The Hall–Kier alpha value is -2.48. The van der Waals surface area contributed by atoms with Gasteiger partial charge in [0.15, 0.2) is 0 Å². The van der Waals surface area contributed by atoms with Crippen LogP contribution in [-0.2, 0) is 19.5 Å². The molecule has 2 fully saturated rings. The minimum absolute atomic E-state index is 0.0284. The molecule has 1 atom stereocenters. The third-order valence-electron chi connectivity index (χ3n) is 7.23. The lowest BCUT2D eigenvalue weighted by Gasteiger charge is -2.36. The van der Waals surface area contributed by atoms with E-state index in [9.17, 15) is 9.59 Å². The van der Waals surface area contributed by atoms with Crippen molar-refractivity contribution >= 4 is 5.91 Å². The molecule has 4 heterocycles. The molecule has 3 aliphatic rings. The minimum atomic E-state index is -0.201. The van der Waals surface area contributed by atoms with E-state index in [0.717, 1.165) is 56.6 Å². The number of aromatic nitrogens is 4. The predicted molar refractivity (Wildman–Crippen MR) is 117 cm³/mol. The molecule has 0 radical (unpaired) electrons. The van der Waals surface area contributed by atoms with Crippen LogP contribution in [0.4, 0.5) is 0 Å². The highest BCUT2D eigenvalue weighted by molar-refractivity contribution is 5.92. The van der Waals surface area contributed by atoms with Crippen molar-refractivity contribution in [2.24, 2.45) is 0 Å². The van der Waals surface area contributed by atoms with Gasteiger partial charge in [0.1, 0.15) is 11.5 Å². The number of hydrogen-bond acceptors (Lipinski definition) is 5. The Morgan fingerprint density at radius 2 is 1.97 bits per heavy atom. The monoisotopic (exact) mass is 424 g/mol. The summed E-state index contributed by atoms with van der Waals surface area (Å²) >= 11 is 0. The maximum Gasteiger partial charge on any atom is 0.274 e. The molecule has 0 bridgehead atoms. The van der Waals surface area contributed by atoms with Gasteiger partial charge in [0.05, 0.1) is 11.7 Å². The summed E-state index contributed by atoms with van der Waals surface area (Å²) in [7, 11) is 0. The van der Waals surface area contributed by atoms with Crippen LogP contribution in [0.25, 0.3) is 0 Å². The van der Waals surface area contributed by atoms with E-state index in [1.54, 1.807) is 10.7 Å². The molecule has 1 saturated carbocycles. The number of likely N-dealkylation sites (tertiary alicyclic amines) is 1. The lowest BCUT2D eigenvalue weighted by atomic mass is 9.99. The van der Waals surface area contributed by atoms with E-state index in [2.05, 4.69) is 15.0 Å². The number of aromatic amines is 1. The summed E-state index contributed by atoms with van der Waals surface area (Å²) < 4.78 is 1.77. The molecule has 0 aromatic carbocycles. The first-order valence-corrected chi connectivity index (χ1v) is 11.8. The highest BCUT2D eigenvalue weighted by Gasteiger charge is 2.34. The number of aryl methyl sites for hydroxylation is 1. The summed E-state index contributed by atoms with van der Waals surface area (Å²) in [6, 6.07) is 2.20. The first-order valence-electron chi connectivity index (χ1n) is 11.8. The molecule has 2 aromatic heterocycles. The van der Waals surface area contributed by atoms with Gasteiger partial charge in [-0.05, 0) is 51.5 Å². The maximum atomic E-state index is 13.2. The molecule has 8 heteroatoms. The first kappa shape index (κ1) is 20.4. The van der Waals surface area contributed by atoms with Crippen LogP contribution in [0.1, 0.15) is 85.5 Å². The molecule has 5 rings (SSSR count). The number of carbonyl (C=O) groups excluding carboxylic acids is 1. The molecule has 0 unspecified atom stereocenters. The second-order valence-corrected chi connectivity index (χ2v) is 9.10. The summed E-state index contributed by atoms with van der Waals surface area (Å²) in [5.74, 6) is 0.560. The van der Waals surface area contributed by atoms with E-state index in [1.165, 1.54) is 25.7 Å². The van der Waals surface area contributed by atoms with Crippen molar-refractivity contribution in [2.75, 3.05) is 13.1 Å². The van der Waals surface area contributed by atoms with Crippen molar-refractivity contribution in [3.05, 3.63) is 45.4 Å². The topological polar surface area (TPSA) is 87.1 Å². The molecule has 8 nitrogen and oxygen atoms in total. The van der Waals surface area contributed by atoms with Crippen LogP contribution >= 0.6 is 0 Å². The number of piperidine rings is 1. The number of hydrogen-bond donors (Lipinski definition) is 1. The van der Waals surface area contributed by atoms with Gasteiger partial charge < -0.3 is 9.88 Å². The van der Waals surface area contributed by atoms with Crippen LogP contribution in [0.15, 0.2) is 17.1 Å². The molecule has 0 spiro atoms. The zero-order valence-corrected chi connectivity index (χ0v) is 18.3. The van der Waals surface area contributed by atoms with Crippen molar-refractivity contribution in [1.82, 2.24) is 29.5 Å². The van der Waals surface area contributed by atoms with Gasteiger partial charge in [-0.2, -0.15) is 5.10 Å². The van der Waals surface area contributed by atoms with Crippen LogP contribution < -0.4 is 5.56 Å². The lowest BCUT2D eigenvalue weighted by molar-refractivity contribution is 0.0591. The van der Waals surface area contributed by atoms with E-state index >= 15 is 0 Å².